The maximum Gasteiger partial charge on any atom is 0.282 e. The Morgan fingerprint density at radius 1 is 0.889 bits per heavy atom. The molecule has 0 atom stereocenters. The van der Waals surface area contributed by atoms with Crippen LogP contribution in [0.3, 0.4) is 0 Å². The van der Waals surface area contributed by atoms with Gasteiger partial charge < -0.3 is 0 Å². The van der Waals surface area contributed by atoms with Crippen molar-refractivity contribution in [1.82, 2.24) is 0 Å². The van der Waals surface area contributed by atoms with Crippen LogP contribution in [0.4, 0.5) is 5.69 Å². The van der Waals surface area contributed by atoms with Gasteiger partial charge in [0.2, 0.25) is 0 Å². The minimum Gasteiger partial charge on any atom is -0.266 e. The number of anilines is 1. The van der Waals surface area contributed by atoms with E-state index in [1.807, 2.05) is 66.7 Å². The lowest BCUT2D eigenvalue weighted by Crippen LogP contribution is -2.32. The van der Waals surface area contributed by atoms with E-state index in [9.17, 15) is 4.79 Å². The molecule has 3 aromatic carbocycles. The Bertz CT molecular complexity index is 1060. The van der Waals surface area contributed by atoms with Crippen molar-refractivity contribution in [3.63, 3.8) is 0 Å². The average molecular weight is 438 g/mol. The summed E-state index contributed by atoms with van der Waals surface area (Å²) >= 11 is 9.52. The normalized spacial score (nSPS) is 15.3. The standard InChI is InChI=1S/C22H14BrClN2O/c23-19-9-5-4-8-18(19)21-25-20(14-15-10-12-16(24)13-11-15)22(27)26(21)17-6-2-1-3-7-17/h1-14H/b20-14+. The second kappa shape index (κ2) is 7.51. The zero-order valence-corrected chi connectivity index (χ0v) is 16.5. The van der Waals surface area contributed by atoms with Gasteiger partial charge in [-0.1, -0.05) is 76.1 Å². The molecule has 0 bridgehead atoms. The maximum atomic E-state index is 13.2. The van der Waals surface area contributed by atoms with Crippen LogP contribution in [-0.4, -0.2) is 11.7 Å². The number of para-hydroxylation sites is 1. The summed E-state index contributed by atoms with van der Waals surface area (Å²) < 4.78 is 0.880. The lowest BCUT2D eigenvalue weighted by molar-refractivity contribution is -0.113. The minimum atomic E-state index is -0.165. The highest BCUT2D eigenvalue weighted by Gasteiger charge is 2.33. The number of nitrogens with zero attached hydrogens (tertiary/aromatic N) is 2. The summed E-state index contributed by atoms with van der Waals surface area (Å²) in [6.45, 7) is 0. The summed E-state index contributed by atoms with van der Waals surface area (Å²) in [7, 11) is 0. The fraction of sp³-hybridized carbons (Fsp3) is 0. The van der Waals surface area contributed by atoms with E-state index >= 15 is 0 Å². The fourth-order valence-electron chi connectivity index (χ4n) is 2.87. The van der Waals surface area contributed by atoms with E-state index in [4.69, 9.17) is 11.6 Å². The monoisotopic (exact) mass is 436 g/mol. The summed E-state index contributed by atoms with van der Waals surface area (Å²) in [5.41, 5.74) is 2.88. The van der Waals surface area contributed by atoms with Gasteiger partial charge >= 0.3 is 0 Å². The number of amides is 1. The molecule has 0 fully saturated rings. The first-order valence-corrected chi connectivity index (χ1v) is 9.51. The lowest BCUT2D eigenvalue weighted by atomic mass is 10.1. The Hall–Kier alpha value is -2.69. The van der Waals surface area contributed by atoms with Crippen molar-refractivity contribution in [3.8, 4) is 0 Å². The highest BCUT2D eigenvalue weighted by molar-refractivity contribution is 9.10. The van der Waals surface area contributed by atoms with Gasteiger partial charge in [-0.3, -0.25) is 9.69 Å². The molecule has 27 heavy (non-hydrogen) atoms. The molecule has 0 aliphatic carbocycles. The number of carbonyl (C=O) groups is 1. The molecular weight excluding hydrogens is 424 g/mol. The first-order chi connectivity index (χ1) is 13.1. The third kappa shape index (κ3) is 3.59. The number of hydrogen-bond acceptors (Lipinski definition) is 2. The number of hydrogen-bond donors (Lipinski definition) is 0. The lowest BCUT2D eigenvalue weighted by Gasteiger charge is -2.19. The SMILES string of the molecule is O=C1/C(=C\c2ccc(Cl)cc2)N=C(c2ccccc2Br)N1c1ccccc1. The Balaban J connectivity index is 1.84. The summed E-state index contributed by atoms with van der Waals surface area (Å²) in [5, 5.41) is 0.651. The largest absolute Gasteiger partial charge is 0.282 e. The van der Waals surface area contributed by atoms with Gasteiger partial charge in [0.1, 0.15) is 11.5 Å². The van der Waals surface area contributed by atoms with Gasteiger partial charge in [0, 0.05) is 15.1 Å². The van der Waals surface area contributed by atoms with Gasteiger partial charge in [0.15, 0.2) is 0 Å². The Morgan fingerprint density at radius 2 is 1.56 bits per heavy atom. The van der Waals surface area contributed by atoms with Crippen LogP contribution in [0.2, 0.25) is 5.02 Å². The van der Waals surface area contributed by atoms with Gasteiger partial charge in [-0.2, -0.15) is 0 Å². The van der Waals surface area contributed by atoms with Gasteiger partial charge in [0.25, 0.3) is 5.91 Å². The number of benzene rings is 3. The second-order valence-electron chi connectivity index (χ2n) is 5.97. The van der Waals surface area contributed by atoms with E-state index < -0.39 is 0 Å². The molecule has 0 unspecified atom stereocenters. The molecule has 0 saturated carbocycles. The van der Waals surface area contributed by atoms with E-state index in [0.717, 1.165) is 21.3 Å². The quantitative estimate of drug-likeness (QED) is 0.467. The summed E-state index contributed by atoms with van der Waals surface area (Å²) in [5.74, 6) is 0.431. The number of halogens is 2. The van der Waals surface area contributed by atoms with Crippen LogP contribution in [-0.2, 0) is 4.79 Å². The van der Waals surface area contributed by atoms with Gasteiger partial charge in [-0.05, 0) is 42.0 Å². The zero-order chi connectivity index (χ0) is 18.8. The van der Waals surface area contributed by atoms with E-state index in [1.165, 1.54) is 0 Å². The number of rotatable bonds is 3. The first-order valence-electron chi connectivity index (χ1n) is 8.34. The number of carbonyl (C=O) groups excluding carboxylic acids is 1. The molecular formula is C22H14BrClN2O. The molecule has 0 N–H and O–H groups in total. The Kier molecular flexibility index (Phi) is 4.92. The zero-order valence-electron chi connectivity index (χ0n) is 14.1. The molecule has 3 nitrogen and oxygen atoms in total. The molecule has 0 radical (unpaired) electrons. The molecule has 1 aliphatic heterocycles. The van der Waals surface area contributed by atoms with Crippen LogP contribution in [0, 0.1) is 0 Å². The topological polar surface area (TPSA) is 32.7 Å². The van der Waals surface area contributed by atoms with Gasteiger partial charge in [-0.15, -0.1) is 0 Å². The molecule has 1 amide bonds. The third-order valence-corrected chi connectivity index (χ3v) is 5.11. The van der Waals surface area contributed by atoms with Crippen LogP contribution in [0.25, 0.3) is 6.08 Å². The van der Waals surface area contributed by atoms with E-state index in [0.29, 0.717) is 16.6 Å². The predicted octanol–water partition coefficient (Wildman–Crippen LogP) is 5.94. The molecule has 1 heterocycles. The Labute approximate surface area is 170 Å². The average Bonchev–Trinajstić information content (AvgIpc) is 3.01. The van der Waals surface area contributed by atoms with Crippen LogP contribution in [0.15, 0.2) is 94.0 Å². The Morgan fingerprint density at radius 3 is 2.26 bits per heavy atom. The molecule has 0 spiro atoms. The summed E-state index contributed by atoms with van der Waals surface area (Å²) in [4.78, 5) is 19.5. The molecule has 132 valence electrons. The van der Waals surface area contributed by atoms with Gasteiger partial charge in [0.05, 0.1) is 5.69 Å². The second-order valence-corrected chi connectivity index (χ2v) is 7.26. The number of aliphatic imine (C=N–C) groups is 1. The van der Waals surface area contributed by atoms with E-state index in [-0.39, 0.29) is 5.91 Å². The third-order valence-electron chi connectivity index (χ3n) is 4.16. The highest BCUT2D eigenvalue weighted by atomic mass is 79.9. The molecule has 0 aromatic heterocycles. The van der Waals surface area contributed by atoms with Crippen LogP contribution < -0.4 is 4.90 Å². The molecule has 3 aromatic rings. The molecule has 4 rings (SSSR count). The summed E-state index contributed by atoms with van der Waals surface area (Å²) in [6.07, 6.45) is 1.78. The van der Waals surface area contributed by atoms with Crippen molar-refractivity contribution in [2.45, 2.75) is 0 Å². The maximum absolute atomic E-state index is 13.2. The van der Waals surface area contributed by atoms with Crippen molar-refractivity contribution < 1.29 is 4.79 Å². The van der Waals surface area contributed by atoms with Crippen molar-refractivity contribution in [2.24, 2.45) is 4.99 Å². The van der Waals surface area contributed by atoms with Crippen LogP contribution >= 0.6 is 27.5 Å². The van der Waals surface area contributed by atoms with Crippen LogP contribution in [0.5, 0.6) is 0 Å². The minimum absolute atomic E-state index is 0.165. The van der Waals surface area contributed by atoms with Crippen molar-refractivity contribution >= 4 is 51.0 Å². The molecule has 5 heteroatoms. The summed E-state index contributed by atoms with van der Waals surface area (Å²) in [6, 6.07) is 24.6. The molecule has 0 saturated heterocycles. The fourth-order valence-corrected chi connectivity index (χ4v) is 3.46. The first kappa shape index (κ1) is 17.7. The van der Waals surface area contributed by atoms with Gasteiger partial charge in [-0.25, -0.2) is 4.99 Å². The highest BCUT2D eigenvalue weighted by Crippen LogP contribution is 2.30. The van der Waals surface area contributed by atoms with E-state index in [2.05, 4.69) is 20.9 Å². The van der Waals surface area contributed by atoms with Crippen molar-refractivity contribution in [2.75, 3.05) is 4.90 Å². The molecule has 1 aliphatic rings. The number of amidine groups is 1. The predicted molar refractivity (Wildman–Crippen MR) is 114 cm³/mol. The van der Waals surface area contributed by atoms with Crippen LogP contribution in [0.1, 0.15) is 11.1 Å². The van der Waals surface area contributed by atoms with Crippen molar-refractivity contribution in [1.29, 1.82) is 0 Å². The van der Waals surface area contributed by atoms with Crippen molar-refractivity contribution in [3.05, 3.63) is 105 Å². The van der Waals surface area contributed by atoms with E-state index in [1.54, 1.807) is 23.1 Å². The smallest absolute Gasteiger partial charge is 0.266 e.